The third-order valence-corrected chi connectivity index (χ3v) is 4.54. The van der Waals surface area contributed by atoms with E-state index in [4.69, 9.17) is 21.1 Å². The molecule has 2 N–H and O–H groups in total. The summed E-state index contributed by atoms with van der Waals surface area (Å²) in [6.45, 7) is 2.71. The lowest BCUT2D eigenvalue weighted by Crippen LogP contribution is -2.42. The lowest BCUT2D eigenvalue weighted by Gasteiger charge is -2.31. The lowest BCUT2D eigenvalue weighted by atomic mass is 9.84. The number of hydrogen-bond acceptors (Lipinski definition) is 4. The Balaban J connectivity index is 1.75. The molecule has 23 heavy (non-hydrogen) atoms. The summed E-state index contributed by atoms with van der Waals surface area (Å²) in [5.41, 5.74) is 0.966. The zero-order valence-electron chi connectivity index (χ0n) is 13.5. The first kappa shape index (κ1) is 18.0. The van der Waals surface area contributed by atoms with Gasteiger partial charge in [0, 0.05) is 13.0 Å². The Hall–Kier alpha value is -1.30. The molecule has 128 valence electrons. The van der Waals surface area contributed by atoms with E-state index in [0.29, 0.717) is 43.2 Å². The van der Waals surface area contributed by atoms with Crippen molar-refractivity contribution in [1.29, 1.82) is 0 Å². The highest BCUT2D eigenvalue weighted by atomic mass is 35.5. The monoisotopic (exact) mass is 341 g/mol. The van der Waals surface area contributed by atoms with Crippen LogP contribution in [0.25, 0.3) is 0 Å². The van der Waals surface area contributed by atoms with Crippen LogP contribution in [0.1, 0.15) is 24.8 Å². The zero-order valence-corrected chi connectivity index (χ0v) is 14.3. The van der Waals surface area contributed by atoms with Crippen molar-refractivity contribution in [3.8, 4) is 5.75 Å². The van der Waals surface area contributed by atoms with Crippen molar-refractivity contribution in [2.75, 3.05) is 20.3 Å². The van der Waals surface area contributed by atoms with Crippen LogP contribution in [0.3, 0.4) is 0 Å². The van der Waals surface area contributed by atoms with Crippen molar-refractivity contribution in [2.24, 2.45) is 5.92 Å². The van der Waals surface area contributed by atoms with Crippen molar-refractivity contribution >= 4 is 17.5 Å². The molecule has 0 aliphatic heterocycles. The maximum atomic E-state index is 12.2. The number of amides is 1. The molecule has 1 aliphatic carbocycles. The first-order chi connectivity index (χ1) is 11.0. The molecule has 0 bridgehead atoms. The highest BCUT2D eigenvalue weighted by Gasteiger charge is 2.32. The molecule has 2 rings (SSSR count). The molecule has 5 nitrogen and oxygen atoms in total. The fraction of sp³-hybridized carbons (Fsp3) is 0.588. The summed E-state index contributed by atoms with van der Waals surface area (Å²) in [6, 6.07) is 5.58. The number of halogens is 1. The summed E-state index contributed by atoms with van der Waals surface area (Å²) in [5, 5.41) is 13.2. The minimum atomic E-state index is -0.476. The van der Waals surface area contributed by atoms with E-state index in [1.165, 1.54) is 0 Å². The Bertz CT molecular complexity index is 517. The van der Waals surface area contributed by atoms with Crippen LogP contribution in [0.5, 0.6) is 5.75 Å². The number of aryl methyl sites for hydroxylation is 1. The standard InChI is InChI=1S/C17H24ClNO4/c1-11-4-3-5-13(18)16(11)23-9-8-19-17(21)12-6-7-14(20)15(10-12)22-2/h3-5,12,14-15,20H,6-10H2,1-2H3,(H,19,21)/t12-,14+,15-/m1/s1. The van der Waals surface area contributed by atoms with E-state index in [1.54, 1.807) is 13.2 Å². The molecule has 6 heteroatoms. The van der Waals surface area contributed by atoms with Crippen LogP contribution in [0.15, 0.2) is 18.2 Å². The number of para-hydroxylation sites is 1. The Morgan fingerprint density at radius 2 is 2.22 bits per heavy atom. The maximum Gasteiger partial charge on any atom is 0.223 e. The van der Waals surface area contributed by atoms with Crippen molar-refractivity contribution in [2.45, 2.75) is 38.4 Å². The van der Waals surface area contributed by atoms with E-state index in [2.05, 4.69) is 5.32 Å². The van der Waals surface area contributed by atoms with Crippen LogP contribution < -0.4 is 10.1 Å². The predicted octanol–water partition coefficient (Wildman–Crippen LogP) is 2.32. The first-order valence-corrected chi connectivity index (χ1v) is 8.27. The predicted molar refractivity (Wildman–Crippen MR) is 88.8 cm³/mol. The summed E-state index contributed by atoms with van der Waals surface area (Å²) < 4.78 is 10.9. The van der Waals surface area contributed by atoms with Gasteiger partial charge in [0.05, 0.1) is 23.8 Å². The molecule has 1 fully saturated rings. The molecule has 1 saturated carbocycles. The van der Waals surface area contributed by atoms with Crippen LogP contribution in [0.4, 0.5) is 0 Å². The summed E-state index contributed by atoms with van der Waals surface area (Å²) in [7, 11) is 1.56. The summed E-state index contributed by atoms with van der Waals surface area (Å²) in [5.74, 6) is 0.521. The number of hydrogen-bond donors (Lipinski definition) is 2. The van der Waals surface area contributed by atoms with Crippen LogP contribution in [-0.2, 0) is 9.53 Å². The van der Waals surface area contributed by atoms with Crippen LogP contribution >= 0.6 is 11.6 Å². The van der Waals surface area contributed by atoms with Gasteiger partial charge < -0.3 is 19.9 Å². The Kier molecular flexibility index (Phi) is 6.69. The molecule has 0 saturated heterocycles. The molecule has 1 aromatic rings. The van der Waals surface area contributed by atoms with Gasteiger partial charge >= 0.3 is 0 Å². The quantitative estimate of drug-likeness (QED) is 0.779. The van der Waals surface area contributed by atoms with Crippen molar-refractivity contribution in [3.05, 3.63) is 28.8 Å². The Morgan fingerprint density at radius 3 is 2.91 bits per heavy atom. The van der Waals surface area contributed by atoms with E-state index in [1.807, 2.05) is 19.1 Å². The summed E-state index contributed by atoms with van der Waals surface area (Å²) in [6.07, 6.45) is 1.08. The minimum absolute atomic E-state index is 0.0153. The number of carbonyl (C=O) groups is 1. The number of carbonyl (C=O) groups excluding carboxylic acids is 1. The molecule has 1 aliphatic rings. The van der Waals surface area contributed by atoms with Gasteiger partial charge in [-0.25, -0.2) is 0 Å². The van der Waals surface area contributed by atoms with E-state index in [0.717, 1.165) is 5.56 Å². The molecule has 0 heterocycles. The average Bonchev–Trinajstić information content (AvgIpc) is 2.54. The minimum Gasteiger partial charge on any atom is -0.490 e. The molecule has 1 amide bonds. The van der Waals surface area contributed by atoms with Crippen molar-refractivity contribution < 1.29 is 19.4 Å². The van der Waals surface area contributed by atoms with Gasteiger partial charge in [0.1, 0.15) is 12.4 Å². The van der Waals surface area contributed by atoms with Gasteiger partial charge in [0.25, 0.3) is 0 Å². The Morgan fingerprint density at radius 1 is 1.43 bits per heavy atom. The second-order valence-electron chi connectivity index (χ2n) is 5.88. The second kappa shape index (κ2) is 8.52. The molecule has 0 aromatic heterocycles. The van der Waals surface area contributed by atoms with Gasteiger partial charge in [-0.15, -0.1) is 0 Å². The van der Waals surface area contributed by atoms with Gasteiger partial charge in [-0.1, -0.05) is 23.7 Å². The third-order valence-electron chi connectivity index (χ3n) is 4.24. The normalized spacial score (nSPS) is 24.3. The average molecular weight is 342 g/mol. The lowest BCUT2D eigenvalue weighted by molar-refractivity contribution is -0.130. The van der Waals surface area contributed by atoms with E-state index < -0.39 is 6.10 Å². The number of methoxy groups -OCH3 is 1. The van der Waals surface area contributed by atoms with Crippen LogP contribution in [0, 0.1) is 12.8 Å². The van der Waals surface area contributed by atoms with Gasteiger partial charge in [0.15, 0.2) is 0 Å². The number of aliphatic hydroxyl groups excluding tert-OH is 1. The van der Waals surface area contributed by atoms with Crippen LogP contribution in [-0.4, -0.2) is 43.5 Å². The second-order valence-corrected chi connectivity index (χ2v) is 6.28. The highest BCUT2D eigenvalue weighted by Crippen LogP contribution is 2.28. The summed E-state index contributed by atoms with van der Waals surface area (Å²) >= 11 is 6.09. The molecule has 3 atom stereocenters. The smallest absolute Gasteiger partial charge is 0.223 e. The largest absolute Gasteiger partial charge is 0.490 e. The van der Waals surface area contributed by atoms with Gasteiger partial charge in [-0.05, 0) is 37.8 Å². The molecule has 1 aromatic carbocycles. The highest BCUT2D eigenvalue weighted by molar-refractivity contribution is 6.32. The van der Waals surface area contributed by atoms with E-state index >= 15 is 0 Å². The number of rotatable bonds is 6. The van der Waals surface area contributed by atoms with E-state index in [-0.39, 0.29) is 17.9 Å². The van der Waals surface area contributed by atoms with E-state index in [9.17, 15) is 9.90 Å². The molecule has 0 spiro atoms. The van der Waals surface area contributed by atoms with Gasteiger partial charge in [-0.3, -0.25) is 4.79 Å². The molecule has 0 unspecified atom stereocenters. The third kappa shape index (κ3) is 4.83. The van der Waals surface area contributed by atoms with Gasteiger partial charge in [-0.2, -0.15) is 0 Å². The maximum absolute atomic E-state index is 12.2. The van der Waals surface area contributed by atoms with Crippen molar-refractivity contribution in [1.82, 2.24) is 5.32 Å². The fourth-order valence-electron chi connectivity index (χ4n) is 2.88. The van der Waals surface area contributed by atoms with Crippen molar-refractivity contribution in [3.63, 3.8) is 0 Å². The number of benzene rings is 1. The summed E-state index contributed by atoms with van der Waals surface area (Å²) in [4.78, 5) is 12.2. The topological polar surface area (TPSA) is 67.8 Å². The SMILES string of the molecule is CO[C@@H]1C[C@H](C(=O)NCCOc2c(C)cccc2Cl)CC[C@@H]1O. The fourth-order valence-corrected chi connectivity index (χ4v) is 3.15. The Labute approximate surface area is 141 Å². The first-order valence-electron chi connectivity index (χ1n) is 7.89. The molecular formula is C17H24ClNO4. The zero-order chi connectivity index (χ0) is 16.8. The molecule has 0 radical (unpaired) electrons. The van der Waals surface area contributed by atoms with Gasteiger partial charge in [0.2, 0.25) is 5.91 Å². The number of ether oxygens (including phenoxy) is 2. The number of aliphatic hydroxyl groups is 1. The molecular weight excluding hydrogens is 318 g/mol. The van der Waals surface area contributed by atoms with Crippen LogP contribution in [0.2, 0.25) is 5.02 Å². The number of nitrogens with one attached hydrogen (secondary N) is 1.